The molecule has 0 spiro atoms. The van der Waals surface area contributed by atoms with Crippen molar-refractivity contribution >= 4 is 35.1 Å². The van der Waals surface area contributed by atoms with Crippen molar-refractivity contribution < 1.29 is 19.7 Å². The molecule has 0 aliphatic carbocycles. The van der Waals surface area contributed by atoms with Crippen LogP contribution in [0.15, 0.2) is 48.5 Å². The second-order valence-corrected chi connectivity index (χ2v) is 8.61. The molecule has 0 fully saturated rings. The summed E-state index contributed by atoms with van der Waals surface area (Å²) in [5.41, 5.74) is 1.97. The molecule has 0 radical (unpaired) electrons. The Kier molecular flexibility index (Phi) is 13.4. The molecule has 0 aliphatic rings. The number of rotatable bonds is 16. The van der Waals surface area contributed by atoms with Crippen molar-refractivity contribution in [3.63, 3.8) is 0 Å². The van der Waals surface area contributed by atoms with Gasteiger partial charge in [-0.15, -0.1) is 25.3 Å². The first-order valence-corrected chi connectivity index (χ1v) is 12.4. The quantitative estimate of drug-likeness (QED) is 0.132. The number of unbranched alkanes of at least 4 members (excludes halogenated alkanes) is 6. The van der Waals surface area contributed by atoms with E-state index in [9.17, 15) is 0 Å². The summed E-state index contributed by atoms with van der Waals surface area (Å²) in [7, 11) is 0. The fraction of sp³-hybridized carbons (Fsp3) is 0.462. The van der Waals surface area contributed by atoms with Gasteiger partial charge < -0.3 is 19.7 Å². The molecule has 0 saturated carbocycles. The van der Waals surface area contributed by atoms with Crippen LogP contribution in [0.25, 0.3) is 9.81 Å². The van der Waals surface area contributed by atoms with Gasteiger partial charge in [0.2, 0.25) is 0 Å². The first-order chi connectivity index (χ1) is 15.7. The third-order valence-electron chi connectivity index (χ3n) is 5.12. The zero-order chi connectivity index (χ0) is 23.0. The molecule has 2 rings (SSSR count). The molecule has 0 aromatic heterocycles. The fourth-order valence-corrected chi connectivity index (χ4v) is 3.76. The minimum Gasteiger partial charge on any atom is -0.494 e. The van der Waals surface area contributed by atoms with Crippen LogP contribution in [0.2, 0.25) is 0 Å². The molecule has 0 saturated heterocycles. The second-order valence-electron chi connectivity index (χ2n) is 7.72. The molecule has 2 N–H and O–H groups in total. The van der Waals surface area contributed by atoms with Gasteiger partial charge in [0.25, 0.3) is 0 Å². The van der Waals surface area contributed by atoms with Gasteiger partial charge in [-0.05, 0) is 73.9 Å². The van der Waals surface area contributed by atoms with Gasteiger partial charge in [0.1, 0.15) is 11.5 Å². The first kappa shape index (κ1) is 26.7. The minimum absolute atomic E-state index is 0.264. The number of benzene rings is 2. The molecular formula is C26H36O4S2. The molecule has 0 atom stereocenters. The van der Waals surface area contributed by atoms with Crippen molar-refractivity contribution in [3.8, 4) is 11.5 Å². The fourth-order valence-electron chi connectivity index (χ4n) is 3.21. The van der Waals surface area contributed by atoms with E-state index >= 15 is 0 Å². The van der Waals surface area contributed by atoms with E-state index in [-0.39, 0.29) is 13.2 Å². The maximum absolute atomic E-state index is 8.80. The Balaban J connectivity index is 1.84. The smallest absolute Gasteiger partial charge is 0.119 e. The molecule has 2 aromatic rings. The van der Waals surface area contributed by atoms with Crippen LogP contribution in [-0.2, 0) is 0 Å². The van der Waals surface area contributed by atoms with E-state index in [0.29, 0.717) is 13.2 Å². The molecule has 4 nitrogen and oxygen atoms in total. The third kappa shape index (κ3) is 9.90. The maximum atomic E-state index is 8.80. The van der Waals surface area contributed by atoms with Crippen molar-refractivity contribution in [2.24, 2.45) is 0 Å². The average Bonchev–Trinajstić information content (AvgIpc) is 2.83. The van der Waals surface area contributed by atoms with Crippen LogP contribution in [0.5, 0.6) is 11.5 Å². The van der Waals surface area contributed by atoms with Gasteiger partial charge in [-0.1, -0.05) is 37.1 Å². The molecule has 0 heterocycles. The predicted molar refractivity (Wildman–Crippen MR) is 140 cm³/mol. The number of ether oxygens (including phenoxy) is 2. The number of thiol groups is 2. The monoisotopic (exact) mass is 476 g/mol. The third-order valence-corrected chi connectivity index (χ3v) is 6.26. The van der Waals surface area contributed by atoms with Crippen LogP contribution in [0.3, 0.4) is 0 Å². The Morgan fingerprint density at radius 3 is 1.22 bits per heavy atom. The highest BCUT2D eigenvalue weighted by Gasteiger charge is 2.07. The van der Waals surface area contributed by atoms with Crippen LogP contribution in [0.4, 0.5) is 0 Å². The number of hydrogen-bond acceptors (Lipinski definition) is 6. The molecular weight excluding hydrogens is 440 g/mol. The Labute approximate surface area is 203 Å². The molecule has 32 heavy (non-hydrogen) atoms. The van der Waals surface area contributed by atoms with Gasteiger partial charge in [-0.25, -0.2) is 0 Å². The van der Waals surface area contributed by atoms with Crippen LogP contribution < -0.4 is 9.47 Å². The van der Waals surface area contributed by atoms with Gasteiger partial charge in [0, 0.05) is 23.0 Å². The largest absolute Gasteiger partial charge is 0.494 e. The van der Waals surface area contributed by atoms with Crippen molar-refractivity contribution in [3.05, 3.63) is 59.7 Å². The summed E-state index contributed by atoms with van der Waals surface area (Å²) < 4.78 is 11.6. The molecule has 0 amide bonds. The standard InChI is InChI=1S/C26H36O4S2/c27-17-5-1-3-7-19-29-23-13-9-21(10-14-23)25(31)26(32)22-11-15-24(16-12-22)30-20-8-4-2-6-18-28/h9-16,27-28,31-32H,1-8,17-20H2/b26-25-. The van der Waals surface area contributed by atoms with Gasteiger partial charge in [0.15, 0.2) is 0 Å². The average molecular weight is 477 g/mol. The first-order valence-electron chi connectivity index (χ1n) is 11.5. The predicted octanol–water partition coefficient (Wildman–Crippen LogP) is 6.24. The summed E-state index contributed by atoms with van der Waals surface area (Å²) in [6.07, 6.45) is 7.91. The highest BCUT2D eigenvalue weighted by molar-refractivity contribution is 7.96. The molecule has 176 valence electrons. The van der Waals surface area contributed by atoms with Crippen molar-refractivity contribution in [1.29, 1.82) is 0 Å². The summed E-state index contributed by atoms with van der Waals surface area (Å²) in [5, 5.41) is 17.6. The molecule has 0 aliphatic heterocycles. The van der Waals surface area contributed by atoms with Crippen molar-refractivity contribution in [2.45, 2.75) is 51.4 Å². The van der Waals surface area contributed by atoms with Crippen molar-refractivity contribution in [1.82, 2.24) is 0 Å². The van der Waals surface area contributed by atoms with E-state index in [0.717, 1.165) is 83.8 Å². The summed E-state index contributed by atoms with van der Waals surface area (Å²) in [6, 6.07) is 15.8. The van der Waals surface area contributed by atoms with E-state index in [1.807, 2.05) is 48.5 Å². The Morgan fingerprint density at radius 2 is 0.875 bits per heavy atom. The number of hydrogen-bond donors (Lipinski definition) is 4. The number of aliphatic hydroxyl groups excluding tert-OH is 2. The van der Waals surface area contributed by atoms with Crippen molar-refractivity contribution in [2.75, 3.05) is 26.4 Å². The Bertz CT molecular complexity index is 721. The normalized spacial score (nSPS) is 11.9. The Hall–Kier alpha value is -1.60. The van der Waals surface area contributed by atoms with Crippen LogP contribution in [0.1, 0.15) is 62.5 Å². The van der Waals surface area contributed by atoms with Gasteiger partial charge in [0.05, 0.1) is 13.2 Å². The van der Waals surface area contributed by atoms with Gasteiger partial charge >= 0.3 is 0 Å². The molecule has 0 unspecified atom stereocenters. The number of aliphatic hydroxyl groups is 2. The van der Waals surface area contributed by atoms with E-state index in [4.69, 9.17) is 44.9 Å². The highest BCUT2D eigenvalue weighted by Crippen LogP contribution is 2.33. The van der Waals surface area contributed by atoms with Gasteiger partial charge in [-0.3, -0.25) is 0 Å². The summed E-state index contributed by atoms with van der Waals surface area (Å²) in [6.45, 7) is 1.89. The lowest BCUT2D eigenvalue weighted by molar-refractivity contribution is 0.273. The van der Waals surface area contributed by atoms with E-state index in [2.05, 4.69) is 0 Å². The lowest BCUT2D eigenvalue weighted by Gasteiger charge is -2.11. The maximum Gasteiger partial charge on any atom is 0.119 e. The van der Waals surface area contributed by atoms with Crippen LogP contribution in [0, 0.1) is 0 Å². The Morgan fingerprint density at radius 1 is 0.531 bits per heavy atom. The zero-order valence-corrected chi connectivity index (χ0v) is 20.5. The summed E-state index contributed by atoms with van der Waals surface area (Å²) in [5.74, 6) is 1.69. The van der Waals surface area contributed by atoms with E-state index in [1.54, 1.807) is 0 Å². The SMILES string of the molecule is OCCCCCCOc1ccc(/C(S)=C(/S)c2ccc(OCCCCCCO)cc2)cc1. The van der Waals surface area contributed by atoms with Crippen LogP contribution in [-0.4, -0.2) is 36.6 Å². The molecule has 6 heteroatoms. The molecule has 2 aromatic carbocycles. The zero-order valence-electron chi connectivity index (χ0n) is 18.7. The van der Waals surface area contributed by atoms with Gasteiger partial charge in [-0.2, -0.15) is 0 Å². The highest BCUT2D eigenvalue weighted by atomic mass is 32.1. The summed E-state index contributed by atoms with van der Waals surface area (Å²) >= 11 is 9.39. The van der Waals surface area contributed by atoms with Crippen LogP contribution >= 0.6 is 25.3 Å². The summed E-state index contributed by atoms with van der Waals surface area (Å²) in [4.78, 5) is 1.61. The minimum atomic E-state index is 0.264. The lowest BCUT2D eigenvalue weighted by Crippen LogP contribution is -1.98. The van der Waals surface area contributed by atoms with E-state index < -0.39 is 0 Å². The van der Waals surface area contributed by atoms with E-state index in [1.165, 1.54) is 0 Å². The molecule has 0 bridgehead atoms. The lowest BCUT2D eigenvalue weighted by atomic mass is 10.1. The topological polar surface area (TPSA) is 58.9 Å². The second kappa shape index (κ2) is 16.1.